The summed E-state index contributed by atoms with van der Waals surface area (Å²) in [6.45, 7) is 6.06. The number of aliphatic hydroxyl groups is 1. The fourth-order valence-corrected chi connectivity index (χ4v) is 4.02. The number of hydrogen-bond acceptors (Lipinski definition) is 6. The molecule has 1 fully saturated rings. The van der Waals surface area contributed by atoms with Crippen molar-refractivity contribution in [2.24, 2.45) is 0 Å². The summed E-state index contributed by atoms with van der Waals surface area (Å²) in [6, 6.07) is 7.92. The van der Waals surface area contributed by atoms with E-state index in [-0.39, 0.29) is 5.06 Å². The summed E-state index contributed by atoms with van der Waals surface area (Å²) in [5, 5.41) is 21.7. The van der Waals surface area contributed by atoms with E-state index in [0.717, 1.165) is 41.9 Å². The van der Waals surface area contributed by atoms with Crippen LogP contribution in [-0.2, 0) is 6.42 Å². The maximum atomic E-state index is 10.3. The van der Waals surface area contributed by atoms with Crippen LogP contribution in [0.25, 0.3) is 0 Å². The molecular weight excluding hydrogens is 346 g/mol. The monoisotopic (exact) mass is 367 g/mol. The number of nitrogens with zero attached hydrogens (tertiary/aromatic N) is 3. The molecule has 130 valence electrons. The molecule has 0 radical (unpaired) electrons. The standard InChI is InChI=1S/C17H22ClN3O2S/c1-12-17(23)24-16(19-12)10-15(22)11-20-5-7-21(8-6-20)14-4-2-3-13(18)9-14/h2-4,9,15,22-23H,5-8,10-11H2,1H3. The molecule has 1 aliphatic heterocycles. The highest BCUT2D eigenvalue weighted by Gasteiger charge is 2.20. The zero-order valence-electron chi connectivity index (χ0n) is 13.7. The summed E-state index contributed by atoms with van der Waals surface area (Å²) in [7, 11) is 0. The molecule has 24 heavy (non-hydrogen) atoms. The number of aromatic nitrogens is 1. The fraction of sp³-hybridized carbons (Fsp3) is 0.471. The molecule has 0 amide bonds. The van der Waals surface area contributed by atoms with Gasteiger partial charge in [-0.1, -0.05) is 29.0 Å². The number of benzene rings is 1. The number of rotatable bonds is 5. The van der Waals surface area contributed by atoms with Crippen molar-refractivity contribution in [2.45, 2.75) is 19.4 Å². The number of aryl methyl sites for hydroxylation is 1. The lowest BCUT2D eigenvalue weighted by Crippen LogP contribution is -2.48. The lowest BCUT2D eigenvalue weighted by Gasteiger charge is -2.36. The first-order valence-corrected chi connectivity index (χ1v) is 9.27. The van der Waals surface area contributed by atoms with Crippen molar-refractivity contribution in [1.82, 2.24) is 9.88 Å². The summed E-state index contributed by atoms with van der Waals surface area (Å²) in [4.78, 5) is 8.86. The number of thiazole rings is 1. The number of β-amino-alcohol motifs (C(OH)–C–C–N with tert-alkyl or cyclic N) is 1. The molecule has 7 heteroatoms. The smallest absolute Gasteiger partial charge is 0.194 e. The van der Waals surface area contributed by atoms with E-state index in [1.54, 1.807) is 6.92 Å². The molecule has 0 spiro atoms. The van der Waals surface area contributed by atoms with Gasteiger partial charge < -0.3 is 15.1 Å². The van der Waals surface area contributed by atoms with Gasteiger partial charge in [-0.15, -0.1) is 0 Å². The number of anilines is 1. The molecule has 1 aromatic carbocycles. The van der Waals surface area contributed by atoms with Crippen LogP contribution in [0.3, 0.4) is 0 Å². The Balaban J connectivity index is 1.48. The Morgan fingerprint density at radius 3 is 2.67 bits per heavy atom. The minimum absolute atomic E-state index is 0.243. The van der Waals surface area contributed by atoms with Crippen LogP contribution >= 0.6 is 22.9 Å². The Labute approximate surface area is 151 Å². The van der Waals surface area contributed by atoms with Crippen LogP contribution in [0.15, 0.2) is 24.3 Å². The third-order valence-corrected chi connectivity index (χ3v) is 5.46. The van der Waals surface area contributed by atoms with Crippen LogP contribution in [0.4, 0.5) is 5.69 Å². The van der Waals surface area contributed by atoms with Gasteiger partial charge in [0.1, 0.15) is 0 Å². The summed E-state index contributed by atoms with van der Waals surface area (Å²) < 4.78 is 0. The average molecular weight is 368 g/mol. The predicted molar refractivity (Wildman–Crippen MR) is 98.3 cm³/mol. The van der Waals surface area contributed by atoms with Crippen molar-refractivity contribution in [1.29, 1.82) is 0 Å². The zero-order valence-corrected chi connectivity index (χ0v) is 15.2. The van der Waals surface area contributed by atoms with E-state index in [4.69, 9.17) is 11.6 Å². The van der Waals surface area contributed by atoms with Crippen molar-refractivity contribution >= 4 is 28.6 Å². The van der Waals surface area contributed by atoms with Gasteiger partial charge in [0.25, 0.3) is 0 Å². The van der Waals surface area contributed by atoms with Crippen LogP contribution in [0.5, 0.6) is 5.06 Å². The molecule has 0 bridgehead atoms. The molecule has 1 aliphatic rings. The molecule has 2 N–H and O–H groups in total. The molecule has 2 heterocycles. The molecule has 1 aromatic heterocycles. The van der Waals surface area contributed by atoms with Gasteiger partial charge in [0.2, 0.25) is 0 Å². The highest BCUT2D eigenvalue weighted by atomic mass is 35.5. The fourth-order valence-electron chi connectivity index (χ4n) is 2.96. The second-order valence-corrected chi connectivity index (χ2v) is 7.62. The number of piperazine rings is 1. The lowest BCUT2D eigenvalue weighted by molar-refractivity contribution is 0.109. The van der Waals surface area contributed by atoms with Crippen molar-refractivity contribution in [2.75, 3.05) is 37.6 Å². The highest BCUT2D eigenvalue weighted by Crippen LogP contribution is 2.26. The van der Waals surface area contributed by atoms with Gasteiger partial charge >= 0.3 is 0 Å². The van der Waals surface area contributed by atoms with E-state index in [2.05, 4.69) is 20.9 Å². The Hall–Kier alpha value is -1.34. The van der Waals surface area contributed by atoms with Crippen LogP contribution in [-0.4, -0.2) is 58.9 Å². The number of hydrogen-bond donors (Lipinski definition) is 2. The summed E-state index contributed by atoms with van der Waals surface area (Å²) >= 11 is 7.31. The predicted octanol–water partition coefficient (Wildman–Crippen LogP) is 2.54. The molecular formula is C17H22ClN3O2S. The van der Waals surface area contributed by atoms with Crippen LogP contribution in [0.1, 0.15) is 10.7 Å². The molecule has 0 saturated carbocycles. The van der Waals surface area contributed by atoms with E-state index < -0.39 is 6.10 Å². The van der Waals surface area contributed by atoms with E-state index >= 15 is 0 Å². The molecule has 1 atom stereocenters. The van der Waals surface area contributed by atoms with Crippen molar-refractivity contribution < 1.29 is 10.2 Å². The Kier molecular flexibility index (Phi) is 5.61. The maximum Gasteiger partial charge on any atom is 0.194 e. The maximum absolute atomic E-state index is 10.3. The number of aliphatic hydroxyl groups excluding tert-OH is 1. The van der Waals surface area contributed by atoms with Gasteiger partial charge in [0.15, 0.2) is 5.06 Å². The average Bonchev–Trinajstić information content (AvgIpc) is 2.85. The van der Waals surface area contributed by atoms with E-state index in [0.29, 0.717) is 18.7 Å². The molecule has 1 saturated heterocycles. The quantitative estimate of drug-likeness (QED) is 0.850. The molecule has 1 unspecified atom stereocenters. The third-order valence-electron chi connectivity index (χ3n) is 4.24. The third kappa shape index (κ3) is 4.39. The first-order valence-electron chi connectivity index (χ1n) is 8.07. The van der Waals surface area contributed by atoms with Crippen molar-refractivity contribution in [3.8, 4) is 5.06 Å². The van der Waals surface area contributed by atoms with Gasteiger partial charge in [-0.05, 0) is 25.1 Å². The van der Waals surface area contributed by atoms with Gasteiger partial charge in [-0.2, -0.15) is 0 Å². The summed E-state index contributed by atoms with van der Waals surface area (Å²) in [5.74, 6) is 0. The van der Waals surface area contributed by atoms with E-state index in [9.17, 15) is 10.2 Å². The minimum Gasteiger partial charge on any atom is -0.498 e. The topological polar surface area (TPSA) is 59.8 Å². The van der Waals surface area contributed by atoms with Gasteiger partial charge in [-0.25, -0.2) is 4.98 Å². The Bertz CT molecular complexity index is 667. The van der Waals surface area contributed by atoms with Crippen molar-refractivity contribution in [3.63, 3.8) is 0 Å². The first-order chi connectivity index (χ1) is 11.5. The minimum atomic E-state index is -0.465. The van der Waals surface area contributed by atoms with Crippen LogP contribution in [0.2, 0.25) is 5.02 Å². The molecule has 3 rings (SSSR count). The van der Waals surface area contributed by atoms with E-state index in [1.807, 2.05) is 18.2 Å². The van der Waals surface area contributed by atoms with Crippen molar-refractivity contribution in [3.05, 3.63) is 40.0 Å². The van der Waals surface area contributed by atoms with Gasteiger partial charge in [0.05, 0.1) is 16.8 Å². The second-order valence-electron chi connectivity index (χ2n) is 6.12. The first kappa shape index (κ1) is 17.5. The molecule has 5 nitrogen and oxygen atoms in total. The Morgan fingerprint density at radius 2 is 2.04 bits per heavy atom. The van der Waals surface area contributed by atoms with Crippen LogP contribution < -0.4 is 4.90 Å². The Morgan fingerprint density at radius 1 is 1.29 bits per heavy atom. The second kappa shape index (κ2) is 7.70. The summed E-state index contributed by atoms with van der Waals surface area (Å²) in [6.07, 6.45) is 0.0216. The van der Waals surface area contributed by atoms with Gasteiger partial charge in [0, 0.05) is 49.9 Å². The zero-order chi connectivity index (χ0) is 17.1. The van der Waals surface area contributed by atoms with E-state index in [1.165, 1.54) is 11.3 Å². The number of aromatic hydroxyl groups is 1. The highest BCUT2D eigenvalue weighted by molar-refractivity contribution is 7.13. The number of halogens is 1. The largest absolute Gasteiger partial charge is 0.498 e. The molecule has 0 aliphatic carbocycles. The summed E-state index contributed by atoms with van der Waals surface area (Å²) in [5.41, 5.74) is 1.79. The molecule has 2 aromatic rings. The van der Waals surface area contributed by atoms with Crippen LogP contribution in [0, 0.1) is 6.92 Å². The lowest BCUT2D eigenvalue weighted by atomic mass is 10.2. The SMILES string of the molecule is Cc1nc(CC(O)CN2CCN(c3cccc(Cl)c3)CC2)sc1O. The normalized spacial score (nSPS) is 17.2. The van der Waals surface area contributed by atoms with Gasteiger partial charge in [-0.3, -0.25) is 4.90 Å².